The summed E-state index contributed by atoms with van der Waals surface area (Å²) in [6, 6.07) is 12.4. The highest BCUT2D eigenvalue weighted by atomic mass is 127. The van der Waals surface area contributed by atoms with Crippen LogP contribution in [0.3, 0.4) is 0 Å². The second-order valence-corrected chi connectivity index (χ2v) is 6.93. The summed E-state index contributed by atoms with van der Waals surface area (Å²) < 4.78 is 6.50. The highest BCUT2D eigenvalue weighted by Crippen LogP contribution is 2.27. The number of methoxy groups -OCH3 is 1. The molecule has 7 heteroatoms. The molecule has 0 fully saturated rings. The quantitative estimate of drug-likeness (QED) is 0.497. The minimum atomic E-state index is -0.398. The van der Waals surface area contributed by atoms with E-state index in [1.165, 1.54) is 18.4 Å². The number of aromatic nitrogens is 1. The van der Waals surface area contributed by atoms with Crippen molar-refractivity contribution in [3.63, 3.8) is 0 Å². The van der Waals surface area contributed by atoms with E-state index < -0.39 is 5.97 Å². The Bertz CT molecular complexity index is 907. The summed E-state index contributed by atoms with van der Waals surface area (Å²) >= 11 is 3.47. The first-order chi connectivity index (χ1) is 11.1. The first kappa shape index (κ1) is 15.9. The molecule has 0 unspecified atom stereocenters. The van der Waals surface area contributed by atoms with E-state index in [0.29, 0.717) is 16.3 Å². The Kier molecular flexibility index (Phi) is 4.58. The number of halogens is 1. The Balaban J connectivity index is 1.86. The average Bonchev–Trinajstić information content (AvgIpc) is 2.95. The van der Waals surface area contributed by atoms with Crippen LogP contribution in [0, 0.1) is 3.57 Å². The Labute approximate surface area is 149 Å². The van der Waals surface area contributed by atoms with Crippen LogP contribution in [0.2, 0.25) is 0 Å². The molecule has 23 heavy (non-hydrogen) atoms. The normalized spacial score (nSPS) is 10.5. The van der Waals surface area contributed by atoms with Gasteiger partial charge in [-0.25, -0.2) is 9.78 Å². The molecular weight excluding hydrogens is 427 g/mol. The first-order valence-electron chi connectivity index (χ1n) is 6.62. The van der Waals surface area contributed by atoms with Crippen molar-refractivity contribution in [3.8, 4) is 0 Å². The number of anilines is 1. The predicted octanol–water partition coefficient (Wildman–Crippen LogP) is 3.94. The van der Waals surface area contributed by atoms with E-state index in [0.717, 1.165) is 13.8 Å². The summed E-state index contributed by atoms with van der Waals surface area (Å²) in [5.74, 6) is -0.611. The van der Waals surface area contributed by atoms with Crippen LogP contribution in [0.25, 0.3) is 10.2 Å². The second kappa shape index (κ2) is 6.63. The second-order valence-electron chi connectivity index (χ2n) is 4.66. The number of hydrogen-bond acceptors (Lipinski definition) is 5. The molecule has 0 spiro atoms. The fourth-order valence-electron chi connectivity index (χ4n) is 2.02. The fraction of sp³-hybridized carbons (Fsp3) is 0.0625. The Morgan fingerprint density at radius 1 is 1.17 bits per heavy atom. The summed E-state index contributed by atoms with van der Waals surface area (Å²) in [6.07, 6.45) is 0. The number of thiazole rings is 1. The molecule has 1 amide bonds. The van der Waals surface area contributed by atoms with Crippen molar-refractivity contribution >= 4 is 61.2 Å². The average molecular weight is 438 g/mol. The molecule has 0 radical (unpaired) electrons. The lowest BCUT2D eigenvalue weighted by atomic mass is 10.2. The highest BCUT2D eigenvalue weighted by Gasteiger charge is 2.12. The number of fused-ring (bicyclic) bond motifs is 1. The van der Waals surface area contributed by atoms with E-state index in [-0.39, 0.29) is 5.91 Å². The summed E-state index contributed by atoms with van der Waals surface area (Å²) in [5, 5.41) is 3.28. The van der Waals surface area contributed by atoms with E-state index in [4.69, 9.17) is 4.74 Å². The number of esters is 1. The van der Waals surface area contributed by atoms with Gasteiger partial charge in [0.15, 0.2) is 5.13 Å². The van der Waals surface area contributed by atoms with Gasteiger partial charge >= 0.3 is 5.97 Å². The Morgan fingerprint density at radius 3 is 2.74 bits per heavy atom. The Morgan fingerprint density at radius 2 is 2.00 bits per heavy atom. The molecule has 0 bridgehead atoms. The number of carbonyl (C=O) groups is 2. The van der Waals surface area contributed by atoms with Crippen molar-refractivity contribution in [2.75, 3.05) is 12.4 Å². The lowest BCUT2D eigenvalue weighted by Gasteiger charge is -2.01. The number of hydrogen-bond donors (Lipinski definition) is 1. The van der Waals surface area contributed by atoms with E-state index in [1.807, 2.05) is 12.1 Å². The Hall–Kier alpha value is -2.00. The van der Waals surface area contributed by atoms with Crippen molar-refractivity contribution in [2.24, 2.45) is 0 Å². The van der Waals surface area contributed by atoms with Gasteiger partial charge in [0.2, 0.25) is 0 Å². The third kappa shape index (κ3) is 3.50. The molecule has 5 nitrogen and oxygen atoms in total. The minimum Gasteiger partial charge on any atom is -0.465 e. The zero-order valence-electron chi connectivity index (χ0n) is 12.0. The topological polar surface area (TPSA) is 68.3 Å². The lowest BCUT2D eigenvalue weighted by molar-refractivity contribution is 0.0601. The molecule has 3 rings (SSSR count). The predicted molar refractivity (Wildman–Crippen MR) is 98.1 cm³/mol. The zero-order chi connectivity index (χ0) is 16.4. The minimum absolute atomic E-state index is 0.212. The molecule has 1 N–H and O–H groups in total. The number of ether oxygens (including phenoxy) is 1. The van der Waals surface area contributed by atoms with Gasteiger partial charge < -0.3 is 4.74 Å². The zero-order valence-corrected chi connectivity index (χ0v) is 15.0. The van der Waals surface area contributed by atoms with Gasteiger partial charge in [-0.3, -0.25) is 10.1 Å². The van der Waals surface area contributed by atoms with E-state index in [1.54, 1.807) is 30.3 Å². The summed E-state index contributed by atoms with van der Waals surface area (Å²) in [4.78, 5) is 28.2. The first-order valence-corrected chi connectivity index (χ1v) is 8.52. The molecule has 1 aromatic heterocycles. The van der Waals surface area contributed by atoms with Crippen molar-refractivity contribution in [3.05, 3.63) is 57.2 Å². The van der Waals surface area contributed by atoms with Crippen LogP contribution in [0.5, 0.6) is 0 Å². The van der Waals surface area contributed by atoms with Gasteiger partial charge in [-0.1, -0.05) is 17.4 Å². The van der Waals surface area contributed by atoms with E-state index in [2.05, 4.69) is 32.9 Å². The highest BCUT2D eigenvalue weighted by molar-refractivity contribution is 14.1. The van der Waals surface area contributed by atoms with Gasteiger partial charge in [0.1, 0.15) is 0 Å². The number of carbonyl (C=O) groups excluding carboxylic acids is 2. The molecule has 3 aromatic rings. The third-order valence-corrected chi connectivity index (χ3v) is 4.72. The van der Waals surface area contributed by atoms with Crippen LogP contribution in [0.4, 0.5) is 5.13 Å². The van der Waals surface area contributed by atoms with Crippen LogP contribution in [-0.4, -0.2) is 24.0 Å². The van der Waals surface area contributed by atoms with Gasteiger partial charge in [-0.2, -0.15) is 0 Å². The molecule has 0 saturated heterocycles. The van der Waals surface area contributed by atoms with Crippen LogP contribution in [0.1, 0.15) is 20.7 Å². The summed E-state index contributed by atoms with van der Waals surface area (Å²) in [5.41, 5.74) is 1.76. The number of rotatable bonds is 3. The molecule has 0 atom stereocenters. The molecule has 0 aliphatic carbocycles. The van der Waals surface area contributed by atoms with Crippen LogP contribution in [-0.2, 0) is 4.74 Å². The maximum absolute atomic E-state index is 12.2. The third-order valence-electron chi connectivity index (χ3n) is 3.12. The van der Waals surface area contributed by atoms with Gasteiger partial charge in [-0.05, 0) is 59.0 Å². The maximum atomic E-state index is 12.2. The molecule has 0 saturated carbocycles. The summed E-state index contributed by atoms with van der Waals surface area (Å²) in [7, 11) is 1.34. The van der Waals surface area contributed by atoms with E-state index >= 15 is 0 Å². The van der Waals surface area contributed by atoms with Gasteiger partial charge in [-0.15, -0.1) is 0 Å². The smallest absolute Gasteiger partial charge is 0.337 e. The molecule has 1 heterocycles. The van der Waals surface area contributed by atoms with Crippen LogP contribution >= 0.6 is 33.9 Å². The summed E-state index contributed by atoms with van der Waals surface area (Å²) in [6.45, 7) is 0. The SMILES string of the molecule is COC(=O)c1ccc2nc(NC(=O)c3cccc(I)c3)sc2c1. The largest absolute Gasteiger partial charge is 0.465 e. The van der Waals surface area contributed by atoms with Crippen LogP contribution < -0.4 is 5.32 Å². The lowest BCUT2D eigenvalue weighted by Crippen LogP contribution is -2.11. The number of amides is 1. The van der Waals surface area contributed by atoms with Gasteiger partial charge in [0.05, 0.1) is 22.9 Å². The number of nitrogens with one attached hydrogen (secondary N) is 1. The monoisotopic (exact) mass is 438 g/mol. The van der Waals surface area contributed by atoms with Crippen molar-refractivity contribution < 1.29 is 14.3 Å². The standard InChI is InChI=1S/C16H11IN2O3S/c1-22-15(21)10-5-6-12-13(8-10)23-16(18-12)19-14(20)9-3-2-4-11(17)7-9/h2-8H,1H3,(H,18,19,20). The van der Waals surface area contributed by atoms with E-state index in [9.17, 15) is 9.59 Å². The maximum Gasteiger partial charge on any atom is 0.337 e. The van der Waals surface area contributed by atoms with Crippen LogP contribution in [0.15, 0.2) is 42.5 Å². The van der Waals surface area contributed by atoms with Crippen molar-refractivity contribution in [1.82, 2.24) is 4.98 Å². The molecule has 0 aliphatic rings. The van der Waals surface area contributed by atoms with Crippen molar-refractivity contribution in [2.45, 2.75) is 0 Å². The number of benzene rings is 2. The molecule has 0 aliphatic heterocycles. The van der Waals surface area contributed by atoms with Gasteiger partial charge in [0, 0.05) is 9.13 Å². The molecule has 116 valence electrons. The molecule has 2 aromatic carbocycles. The fourth-order valence-corrected chi connectivity index (χ4v) is 3.47. The van der Waals surface area contributed by atoms with Crippen molar-refractivity contribution in [1.29, 1.82) is 0 Å². The van der Waals surface area contributed by atoms with Gasteiger partial charge in [0.25, 0.3) is 5.91 Å². The molecular formula is C16H11IN2O3S. The number of nitrogens with zero attached hydrogens (tertiary/aromatic N) is 1.